The summed E-state index contributed by atoms with van der Waals surface area (Å²) in [5.74, 6) is -0.424. The Balaban J connectivity index is 1.60. The van der Waals surface area contributed by atoms with E-state index in [-0.39, 0.29) is 34.1 Å². The number of aryl methyl sites for hydroxylation is 1. The number of phenols is 1. The first-order valence-electron chi connectivity index (χ1n) is 9.34. The number of hydrogen-bond acceptors (Lipinski definition) is 6. The van der Waals surface area contributed by atoms with E-state index in [0.29, 0.717) is 18.4 Å². The molecule has 29 heavy (non-hydrogen) atoms. The average molecular weight is 406 g/mol. The quantitative estimate of drug-likeness (QED) is 0.758. The first kappa shape index (κ1) is 19.6. The molecule has 0 bridgehead atoms. The van der Waals surface area contributed by atoms with Crippen molar-refractivity contribution < 1.29 is 23.0 Å². The van der Waals surface area contributed by atoms with Gasteiger partial charge in [0.15, 0.2) is 5.82 Å². The van der Waals surface area contributed by atoms with Gasteiger partial charge >= 0.3 is 6.18 Å². The molecule has 9 heteroatoms. The summed E-state index contributed by atoms with van der Waals surface area (Å²) < 4.78 is 44.3. The highest BCUT2D eigenvalue weighted by Gasteiger charge is 2.51. The number of alkyl halides is 3. The zero-order valence-electron chi connectivity index (χ0n) is 15.8. The summed E-state index contributed by atoms with van der Waals surface area (Å²) in [4.78, 5) is 13.1. The van der Waals surface area contributed by atoms with Crippen LogP contribution in [0.5, 0.6) is 5.75 Å². The SMILES string of the molecule is Cc1cc(C(F)(F)F)cc(O)c1-c1cnc(C=NC2CCOCC23CC3)c(N)n1. The second kappa shape index (κ2) is 6.98. The van der Waals surface area contributed by atoms with E-state index in [4.69, 9.17) is 10.5 Å². The topological polar surface area (TPSA) is 93.6 Å². The van der Waals surface area contributed by atoms with Crippen LogP contribution < -0.4 is 5.73 Å². The number of nitrogens with zero attached hydrogens (tertiary/aromatic N) is 3. The highest BCUT2D eigenvalue weighted by atomic mass is 19.4. The Labute approximate surface area is 165 Å². The number of aliphatic imine (C=N–C) groups is 1. The maximum absolute atomic E-state index is 12.9. The zero-order valence-corrected chi connectivity index (χ0v) is 15.8. The van der Waals surface area contributed by atoms with Gasteiger partial charge in [-0.05, 0) is 43.9 Å². The number of rotatable bonds is 3. The lowest BCUT2D eigenvalue weighted by Gasteiger charge is -2.28. The number of nitrogen functional groups attached to an aromatic ring is 1. The van der Waals surface area contributed by atoms with Crippen LogP contribution in [-0.2, 0) is 10.9 Å². The van der Waals surface area contributed by atoms with Crippen LogP contribution in [0.4, 0.5) is 19.0 Å². The van der Waals surface area contributed by atoms with Crippen molar-refractivity contribution in [3.63, 3.8) is 0 Å². The summed E-state index contributed by atoms with van der Waals surface area (Å²) in [6.07, 6.45) is 1.48. The van der Waals surface area contributed by atoms with Crippen molar-refractivity contribution >= 4 is 12.0 Å². The van der Waals surface area contributed by atoms with Crippen LogP contribution >= 0.6 is 0 Å². The Bertz CT molecular complexity index is 948. The fourth-order valence-electron chi connectivity index (χ4n) is 3.80. The molecular formula is C20H21F3N4O2. The molecule has 2 aliphatic rings. The van der Waals surface area contributed by atoms with E-state index >= 15 is 0 Å². The van der Waals surface area contributed by atoms with Gasteiger partial charge in [-0.25, -0.2) is 9.97 Å². The molecule has 3 N–H and O–H groups in total. The lowest BCUT2D eigenvalue weighted by molar-refractivity contribution is -0.137. The van der Waals surface area contributed by atoms with Gasteiger partial charge in [-0.1, -0.05) is 0 Å². The van der Waals surface area contributed by atoms with E-state index in [0.717, 1.165) is 31.9 Å². The third-order valence-corrected chi connectivity index (χ3v) is 5.63. The van der Waals surface area contributed by atoms with Crippen molar-refractivity contribution in [1.29, 1.82) is 0 Å². The third kappa shape index (κ3) is 3.78. The van der Waals surface area contributed by atoms with E-state index in [2.05, 4.69) is 15.0 Å². The monoisotopic (exact) mass is 406 g/mol. The molecule has 2 aromatic rings. The fraction of sp³-hybridized carbons (Fsp3) is 0.450. The molecule has 2 heterocycles. The van der Waals surface area contributed by atoms with Crippen molar-refractivity contribution in [3.8, 4) is 17.0 Å². The van der Waals surface area contributed by atoms with Gasteiger partial charge in [0.1, 0.15) is 11.4 Å². The molecule has 4 rings (SSSR count). The lowest BCUT2D eigenvalue weighted by Crippen LogP contribution is -2.32. The molecule has 2 fully saturated rings. The van der Waals surface area contributed by atoms with Crippen molar-refractivity contribution in [2.24, 2.45) is 10.4 Å². The number of ether oxygens (including phenoxy) is 1. The number of hydrogen-bond donors (Lipinski definition) is 2. The molecule has 1 atom stereocenters. The Morgan fingerprint density at radius 2 is 2.10 bits per heavy atom. The molecule has 1 aromatic heterocycles. The minimum absolute atomic E-state index is 0.0989. The third-order valence-electron chi connectivity index (χ3n) is 5.63. The van der Waals surface area contributed by atoms with Crippen LogP contribution in [0.1, 0.15) is 36.1 Å². The first-order valence-corrected chi connectivity index (χ1v) is 9.34. The fourth-order valence-corrected chi connectivity index (χ4v) is 3.80. The van der Waals surface area contributed by atoms with Crippen molar-refractivity contribution in [2.75, 3.05) is 18.9 Å². The van der Waals surface area contributed by atoms with Crippen LogP contribution in [0.3, 0.4) is 0 Å². The molecule has 1 saturated heterocycles. The highest BCUT2D eigenvalue weighted by molar-refractivity contribution is 5.84. The molecule has 1 aliphatic carbocycles. The molecule has 1 unspecified atom stereocenters. The van der Waals surface area contributed by atoms with Crippen LogP contribution in [0.15, 0.2) is 23.3 Å². The second-order valence-corrected chi connectivity index (χ2v) is 7.71. The summed E-state index contributed by atoms with van der Waals surface area (Å²) in [5, 5.41) is 10.1. The second-order valence-electron chi connectivity index (χ2n) is 7.71. The van der Waals surface area contributed by atoms with Gasteiger partial charge in [0.2, 0.25) is 0 Å². The number of phenolic OH excluding ortho intramolecular Hbond substituents is 1. The molecule has 1 saturated carbocycles. The van der Waals surface area contributed by atoms with Gasteiger partial charge in [0, 0.05) is 17.6 Å². The Morgan fingerprint density at radius 3 is 2.72 bits per heavy atom. The summed E-state index contributed by atoms with van der Waals surface area (Å²) in [5.41, 5.74) is 6.21. The standard InChI is InChI=1S/C20H21F3N4O2/c1-11-6-12(20(21,22)23)7-15(28)17(11)13-8-25-14(18(24)27-13)9-26-16-2-5-29-10-19(16)3-4-19/h6-9,16,28H,2-5,10H2,1H3,(H2,24,27). The van der Waals surface area contributed by atoms with Crippen molar-refractivity contribution in [3.05, 3.63) is 35.2 Å². The molecular weight excluding hydrogens is 385 g/mol. The van der Waals surface area contributed by atoms with E-state index in [1.54, 1.807) is 6.21 Å². The van der Waals surface area contributed by atoms with Gasteiger partial charge in [-0.3, -0.25) is 4.99 Å². The van der Waals surface area contributed by atoms with Crippen LogP contribution in [0, 0.1) is 12.3 Å². The predicted octanol–water partition coefficient (Wildman–Crippen LogP) is 3.75. The Kier molecular flexibility index (Phi) is 4.72. The highest BCUT2D eigenvalue weighted by Crippen LogP contribution is 2.52. The summed E-state index contributed by atoms with van der Waals surface area (Å²) >= 11 is 0. The minimum atomic E-state index is -4.55. The van der Waals surface area contributed by atoms with Crippen molar-refractivity contribution in [2.45, 2.75) is 38.4 Å². The van der Waals surface area contributed by atoms with Gasteiger partial charge in [-0.2, -0.15) is 13.2 Å². The molecule has 1 aromatic carbocycles. The number of benzene rings is 1. The number of aromatic nitrogens is 2. The van der Waals surface area contributed by atoms with Gasteiger partial charge in [0.05, 0.1) is 36.3 Å². The zero-order chi connectivity index (χ0) is 20.8. The molecule has 1 aliphatic heterocycles. The van der Waals surface area contributed by atoms with Gasteiger partial charge in [0.25, 0.3) is 0 Å². The smallest absolute Gasteiger partial charge is 0.416 e. The van der Waals surface area contributed by atoms with Crippen molar-refractivity contribution in [1.82, 2.24) is 9.97 Å². The first-order chi connectivity index (χ1) is 13.7. The summed E-state index contributed by atoms with van der Waals surface area (Å²) in [6, 6.07) is 1.80. The van der Waals surface area contributed by atoms with Gasteiger partial charge < -0.3 is 15.6 Å². The van der Waals surface area contributed by atoms with E-state index in [9.17, 15) is 18.3 Å². The molecule has 154 valence electrons. The number of anilines is 1. The van der Waals surface area contributed by atoms with Crippen LogP contribution in [-0.4, -0.2) is 40.5 Å². The largest absolute Gasteiger partial charge is 0.507 e. The van der Waals surface area contributed by atoms with E-state index in [1.165, 1.54) is 13.1 Å². The summed E-state index contributed by atoms with van der Waals surface area (Å²) in [7, 11) is 0. The Morgan fingerprint density at radius 1 is 1.34 bits per heavy atom. The maximum Gasteiger partial charge on any atom is 0.416 e. The number of halogens is 3. The average Bonchev–Trinajstić information content (AvgIpc) is 3.41. The predicted molar refractivity (Wildman–Crippen MR) is 102 cm³/mol. The minimum Gasteiger partial charge on any atom is -0.507 e. The van der Waals surface area contributed by atoms with Crippen LogP contribution in [0.2, 0.25) is 0 Å². The number of aromatic hydroxyl groups is 1. The molecule has 0 amide bonds. The molecule has 6 nitrogen and oxygen atoms in total. The van der Waals surface area contributed by atoms with E-state index < -0.39 is 17.5 Å². The lowest BCUT2D eigenvalue weighted by atomic mass is 9.93. The van der Waals surface area contributed by atoms with Crippen LogP contribution in [0.25, 0.3) is 11.3 Å². The maximum atomic E-state index is 12.9. The molecule has 0 radical (unpaired) electrons. The Hall–Kier alpha value is -2.68. The normalized spacial score (nSPS) is 21.0. The number of nitrogens with two attached hydrogens (primary N) is 1. The van der Waals surface area contributed by atoms with E-state index in [1.807, 2.05) is 0 Å². The molecule has 1 spiro atoms. The summed E-state index contributed by atoms with van der Waals surface area (Å²) in [6.45, 7) is 2.87. The van der Waals surface area contributed by atoms with Gasteiger partial charge in [-0.15, -0.1) is 0 Å².